The van der Waals surface area contributed by atoms with E-state index < -0.39 is 38.1 Å². The zero-order chi connectivity index (χ0) is 18.2. The smallest absolute Gasteiger partial charge is 0.417 e. The minimum atomic E-state index is -2.04. The highest BCUT2D eigenvalue weighted by molar-refractivity contribution is 6.74. The Kier molecular flexibility index (Phi) is 5.71. The van der Waals surface area contributed by atoms with Crippen LogP contribution in [0.25, 0.3) is 0 Å². The van der Waals surface area contributed by atoms with Crippen molar-refractivity contribution in [2.75, 3.05) is 6.61 Å². The van der Waals surface area contributed by atoms with Gasteiger partial charge in [-0.15, -0.1) is 0 Å². The number of carbonyl (C=O) groups is 2. The number of hydrogen-bond donors (Lipinski definition) is 1. The van der Waals surface area contributed by atoms with E-state index in [0.29, 0.717) is 0 Å². The summed E-state index contributed by atoms with van der Waals surface area (Å²) in [6.07, 6.45) is -1.72. The first-order chi connectivity index (χ1) is 10.2. The van der Waals surface area contributed by atoms with Crippen LogP contribution >= 0.6 is 0 Å². The van der Waals surface area contributed by atoms with Gasteiger partial charge in [-0.05, 0) is 38.9 Å². The van der Waals surface area contributed by atoms with Crippen molar-refractivity contribution in [1.82, 2.24) is 4.90 Å². The van der Waals surface area contributed by atoms with Gasteiger partial charge >= 0.3 is 6.09 Å². The predicted octanol–water partition coefficient (Wildman–Crippen LogP) is 2.91. The van der Waals surface area contributed by atoms with E-state index in [1.165, 1.54) is 0 Å². The second-order valence-electron chi connectivity index (χ2n) is 8.65. The van der Waals surface area contributed by atoms with E-state index in [-0.39, 0.29) is 18.1 Å². The molecule has 2 amide bonds. The van der Waals surface area contributed by atoms with Crippen LogP contribution in [0.3, 0.4) is 0 Å². The van der Waals surface area contributed by atoms with Gasteiger partial charge in [0.2, 0.25) is 5.91 Å². The van der Waals surface area contributed by atoms with Gasteiger partial charge in [-0.3, -0.25) is 4.79 Å². The maximum atomic E-state index is 12.3. The molecule has 0 saturated carbocycles. The molecule has 0 aromatic heterocycles. The summed E-state index contributed by atoms with van der Waals surface area (Å²) in [4.78, 5) is 25.4. The zero-order valence-corrected chi connectivity index (χ0v) is 16.6. The summed E-state index contributed by atoms with van der Waals surface area (Å²) < 4.78 is 11.4. The molecule has 0 bridgehead atoms. The number of aliphatic hydroxyl groups excluding tert-OH is 1. The molecule has 0 aliphatic carbocycles. The molecule has 0 aromatic rings. The standard InChI is InChI=1S/C16H31NO5Si/c1-15(2,3)22-14(20)17-11(12(18)9-13(17)19)10-21-23(7,8)16(4,5)6/h11-12,18H,9-10H2,1-8H3/t11-,12-/m0/s1. The summed E-state index contributed by atoms with van der Waals surface area (Å²) in [5.74, 6) is -0.421. The largest absolute Gasteiger partial charge is 0.443 e. The van der Waals surface area contributed by atoms with E-state index >= 15 is 0 Å². The molecular formula is C16H31NO5Si. The molecule has 1 heterocycles. The van der Waals surface area contributed by atoms with Gasteiger partial charge in [0.15, 0.2) is 8.32 Å². The van der Waals surface area contributed by atoms with Crippen LogP contribution in [-0.4, -0.2) is 54.7 Å². The average Bonchev–Trinajstić information content (AvgIpc) is 2.57. The first kappa shape index (κ1) is 20.1. The lowest BCUT2D eigenvalue weighted by molar-refractivity contribution is -0.128. The average molecular weight is 346 g/mol. The highest BCUT2D eigenvalue weighted by atomic mass is 28.4. The summed E-state index contributed by atoms with van der Waals surface area (Å²) in [7, 11) is -2.04. The van der Waals surface area contributed by atoms with E-state index in [1.807, 2.05) is 0 Å². The molecule has 0 radical (unpaired) electrons. The van der Waals surface area contributed by atoms with Crippen LogP contribution in [0.2, 0.25) is 18.1 Å². The number of imide groups is 1. The molecule has 1 saturated heterocycles. The molecule has 2 atom stereocenters. The van der Waals surface area contributed by atoms with E-state index in [2.05, 4.69) is 33.9 Å². The Labute approximate surface area is 140 Å². The molecule has 1 fully saturated rings. The van der Waals surface area contributed by atoms with Crippen molar-refractivity contribution in [3.8, 4) is 0 Å². The number of hydrogen-bond acceptors (Lipinski definition) is 5. The van der Waals surface area contributed by atoms with E-state index in [0.717, 1.165) is 4.90 Å². The SMILES string of the molecule is CC(C)(C)OC(=O)N1C(=O)C[C@H](O)[C@@H]1CO[Si](C)(C)C(C)(C)C. The van der Waals surface area contributed by atoms with Crippen LogP contribution in [0.5, 0.6) is 0 Å². The minimum Gasteiger partial charge on any atom is -0.443 e. The fourth-order valence-corrected chi connectivity index (χ4v) is 3.03. The van der Waals surface area contributed by atoms with E-state index in [1.54, 1.807) is 20.8 Å². The van der Waals surface area contributed by atoms with Crippen LogP contribution in [0.4, 0.5) is 4.79 Å². The highest BCUT2D eigenvalue weighted by Crippen LogP contribution is 2.37. The van der Waals surface area contributed by atoms with Crippen molar-refractivity contribution < 1.29 is 23.9 Å². The number of likely N-dealkylation sites (tertiary alicyclic amines) is 1. The molecule has 1 aliphatic rings. The normalized spacial score (nSPS) is 23.3. The number of ether oxygens (including phenoxy) is 1. The third-order valence-corrected chi connectivity index (χ3v) is 8.94. The molecule has 0 unspecified atom stereocenters. The number of carbonyl (C=O) groups excluding carboxylic acids is 2. The molecule has 6 nitrogen and oxygen atoms in total. The topological polar surface area (TPSA) is 76.1 Å². The summed E-state index contributed by atoms with van der Waals surface area (Å²) in [5, 5.41) is 10.2. The van der Waals surface area contributed by atoms with Gasteiger partial charge in [0, 0.05) is 0 Å². The number of nitrogens with zero attached hydrogens (tertiary/aromatic N) is 1. The van der Waals surface area contributed by atoms with Crippen molar-refractivity contribution in [1.29, 1.82) is 0 Å². The molecule has 7 heteroatoms. The Morgan fingerprint density at radius 3 is 2.22 bits per heavy atom. The first-order valence-electron chi connectivity index (χ1n) is 8.03. The Bertz CT molecular complexity index is 464. The van der Waals surface area contributed by atoms with E-state index in [4.69, 9.17) is 9.16 Å². The van der Waals surface area contributed by atoms with Crippen LogP contribution in [0.1, 0.15) is 48.0 Å². The highest BCUT2D eigenvalue weighted by Gasteiger charge is 2.46. The predicted molar refractivity (Wildman–Crippen MR) is 90.6 cm³/mol. The molecule has 1 rings (SSSR count). The van der Waals surface area contributed by atoms with Crippen LogP contribution in [0.15, 0.2) is 0 Å². The van der Waals surface area contributed by atoms with Crippen LogP contribution in [0, 0.1) is 0 Å². The van der Waals surface area contributed by atoms with Crippen LogP contribution in [-0.2, 0) is 14.0 Å². The number of rotatable bonds is 3. The molecular weight excluding hydrogens is 314 g/mol. The van der Waals surface area contributed by atoms with Gasteiger partial charge in [0.1, 0.15) is 5.60 Å². The summed E-state index contributed by atoms with van der Waals surface area (Å²) in [5.41, 5.74) is -0.699. The number of amides is 2. The van der Waals surface area contributed by atoms with Crippen molar-refractivity contribution >= 4 is 20.3 Å². The summed E-state index contributed by atoms with van der Waals surface area (Å²) >= 11 is 0. The van der Waals surface area contributed by atoms with Gasteiger partial charge in [0.05, 0.1) is 25.2 Å². The lowest BCUT2D eigenvalue weighted by atomic mass is 10.2. The van der Waals surface area contributed by atoms with Gasteiger partial charge in [-0.2, -0.15) is 0 Å². The second kappa shape index (κ2) is 6.53. The molecule has 134 valence electrons. The minimum absolute atomic E-state index is 0.0112. The molecule has 1 N–H and O–H groups in total. The maximum Gasteiger partial charge on any atom is 0.417 e. The van der Waals surface area contributed by atoms with Crippen molar-refractivity contribution in [3.63, 3.8) is 0 Å². The monoisotopic (exact) mass is 345 g/mol. The number of aliphatic hydroxyl groups is 1. The Hall–Kier alpha value is -0.923. The van der Waals surface area contributed by atoms with Gasteiger partial charge < -0.3 is 14.3 Å². The zero-order valence-electron chi connectivity index (χ0n) is 15.6. The van der Waals surface area contributed by atoms with Crippen molar-refractivity contribution in [2.45, 2.75) is 83.8 Å². The van der Waals surface area contributed by atoms with Gasteiger partial charge in [-0.25, -0.2) is 9.69 Å². The first-order valence-corrected chi connectivity index (χ1v) is 10.9. The quantitative estimate of drug-likeness (QED) is 0.796. The lowest BCUT2D eigenvalue weighted by Gasteiger charge is -2.38. The Balaban J connectivity index is 2.86. The van der Waals surface area contributed by atoms with E-state index in [9.17, 15) is 14.7 Å². The van der Waals surface area contributed by atoms with Gasteiger partial charge in [0.25, 0.3) is 0 Å². The van der Waals surface area contributed by atoms with Crippen molar-refractivity contribution in [2.24, 2.45) is 0 Å². The van der Waals surface area contributed by atoms with Crippen molar-refractivity contribution in [3.05, 3.63) is 0 Å². The molecule has 0 aromatic carbocycles. The summed E-state index contributed by atoms with van der Waals surface area (Å²) in [6, 6.07) is -0.688. The van der Waals surface area contributed by atoms with Gasteiger partial charge in [-0.1, -0.05) is 20.8 Å². The third kappa shape index (κ3) is 5.02. The Morgan fingerprint density at radius 1 is 1.26 bits per heavy atom. The molecule has 0 spiro atoms. The maximum absolute atomic E-state index is 12.3. The fraction of sp³-hybridized carbons (Fsp3) is 0.875. The lowest BCUT2D eigenvalue weighted by Crippen LogP contribution is -2.50. The third-order valence-electron chi connectivity index (χ3n) is 4.44. The Morgan fingerprint density at radius 2 is 1.78 bits per heavy atom. The molecule has 1 aliphatic heterocycles. The fourth-order valence-electron chi connectivity index (χ4n) is 2.01. The second-order valence-corrected chi connectivity index (χ2v) is 13.5. The summed E-state index contributed by atoms with van der Waals surface area (Å²) in [6.45, 7) is 15.9. The van der Waals surface area contributed by atoms with Crippen LogP contribution < -0.4 is 0 Å². The molecule has 23 heavy (non-hydrogen) atoms.